The van der Waals surface area contributed by atoms with E-state index in [9.17, 15) is 9.59 Å². The number of esters is 1. The predicted molar refractivity (Wildman–Crippen MR) is 148 cm³/mol. The summed E-state index contributed by atoms with van der Waals surface area (Å²) < 4.78 is 17.2. The van der Waals surface area contributed by atoms with Gasteiger partial charge < -0.3 is 14.2 Å². The van der Waals surface area contributed by atoms with Gasteiger partial charge in [-0.1, -0.05) is 30.0 Å². The molecule has 2 aromatic carbocycles. The van der Waals surface area contributed by atoms with Crippen LogP contribution in [0.3, 0.4) is 0 Å². The van der Waals surface area contributed by atoms with E-state index in [4.69, 9.17) is 26.4 Å². The number of nitrogens with zero attached hydrogens (tertiary/aromatic N) is 1. The molecule has 192 valence electrons. The highest BCUT2D eigenvalue weighted by molar-refractivity contribution is 8.27. The van der Waals surface area contributed by atoms with Crippen LogP contribution < -0.4 is 19.1 Å². The van der Waals surface area contributed by atoms with E-state index in [1.165, 1.54) is 35.9 Å². The van der Waals surface area contributed by atoms with Crippen LogP contribution in [0.4, 0.5) is 5.69 Å². The molecule has 8 heteroatoms. The maximum Gasteiger partial charge on any atom is 0.317 e. The number of hydrogen-bond donors (Lipinski definition) is 0. The molecule has 1 saturated heterocycles. The van der Waals surface area contributed by atoms with Gasteiger partial charge in [0.15, 0.2) is 15.8 Å². The largest absolute Gasteiger partial charge is 0.497 e. The van der Waals surface area contributed by atoms with Gasteiger partial charge in [0.25, 0.3) is 5.91 Å². The predicted octanol–water partition coefficient (Wildman–Crippen LogP) is 6.23. The van der Waals surface area contributed by atoms with Gasteiger partial charge in [-0.05, 0) is 104 Å². The molecule has 1 heterocycles. The Labute approximate surface area is 226 Å². The standard InChI is InChI=1S/C29H29NO5S2/c1-33-22-6-4-21(5-7-22)30-26(31)25(37-28(30)36)13-17-3-8-23(24(12-17)34-2)35-27(32)29-14-18-9-19(15-29)11-20(10-18)16-29/h3-8,12-13,18-20H,9-11,14-16H2,1-2H3/b25-13-. The highest BCUT2D eigenvalue weighted by Gasteiger charge is 2.55. The van der Waals surface area contributed by atoms with Gasteiger partial charge in [-0.3, -0.25) is 14.5 Å². The number of ether oxygens (including phenoxy) is 3. The second kappa shape index (κ2) is 9.48. The quantitative estimate of drug-likeness (QED) is 0.188. The molecular formula is C29H29NO5S2. The van der Waals surface area contributed by atoms with Gasteiger partial charge in [0.05, 0.1) is 30.2 Å². The fraction of sp³-hybridized carbons (Fsp3) is 0.414. The zero-order chi connectivity index (χ0) is 25.7. The van der Waals surface area contributed by atoms with Crippen molar-refractivity contribution in [2.45, 2.75) is 38.5 Å². The number of thioether (sulfide) groups is 1. The molecule has 0 unspecified atom stereocenters. The number of carbonyl (C=O) groups is 2. The maximum atomic E-state index is 13.4. The summed E-state index contributed by atoms with van der Waals surface area (Å²) >= 11 is 6.75. The molecule has 0 N–H and O–H groups in total. The van der Waals surface area contributed by atoms with Crippen molar-refractivity contribution in [3.05, 3.63) is 52.9 Å². The zero-order valence-electron chi connectivity index (χ0n) is 20.9. The van der Waals surface area contributed by atoms with Gasteiger partial charge in [0.2, 0.25) is 0 Å². The van der Waals surface area contributed by atoms with Crippen LogP contribution in [0.1, 0.15) is 44.1 Å². The number of methoxy groups -OCH3 is 2. The fourth-order valence-electron chi connectivity index (χ4n) is 7.00. The van der Waals surface area contributed by atoms with E-state index in [1.807, 2.05) is 18.2 Å². The first-order valence-corrected chi connectivity index (χ1v) is 13.9. The summed E-state index contributed by atoms with van der Waals surface area (Å²) in [5.74, 6) is 3.30. The van der Waals surface area contributed by atoms with Gasteiger partial charge in [0, 0.05) is 0 Å². The molecular weight excluding hydrogens is 506 g/mol. The van der Waals surface area contributed by atoms with Crippen molar-refractivity contribution in [2.24, 2.45) is 23.2 Å². The van der Waals surface area contributed by atoms with Crippen molar-refractivity contribution in [1.29, 1.82) is 0 Å². The molecule has 6 nitrogen and oxygen atoms in total. The molecule has 1 amide bonds. The molecule has 4 saturated carbocycles. The average Bonchev–Trinajstić information content (AvgIpc) is 3.16. The molecule has 0 radical (unpaired) electrons. The summed E-state index contributed by atoms with van der Waals surface area (Å²) in [6.45, 7) is 0. The van der Waals surface area contributed by atoms with E-state index in [0.29, 0.717) is 49.9 Å². The van der Waals surface area contributed by atoms with Crippen LogP contribution in [-0.2, 0) is 9.59 Å². The van der Waals surface area contributed by atoms with Crippen molar-refractivity contribution in [3.63, 3.8) is 0 Å². The first-order valence-electron chi connectivity index (χ1n) is 12.7. The van der Waals surface area contributed by atoms with Crippen molar-refractivity contribution in [2.75, 3.05) is 19.1 Å². The SMILES string of the molecule is COc1ccc(N2C(=O)/C(=C/c3ccc(OC(=O)C45CC6CC(CC(C6)C4)C5)c(OC)c3)SC2=S)cc1. The molecule has 2 aromatic rings. The second-order valence-electron chi connectivity index (χ2n) is 10.7. The van der Waals surface area contributed by atoms with E-state index >= 15 is 0 Å². The minimum Gasteiger partial charge on any atom is -0.497 e. The Hall–Kier alpha value is -2.84. The first-order chi connectivity index (χ1) is 17.9. The van der Waals surface area contributed by atoms with Crippen LogP contribution >= 0.6 is 24.0 Å². The number of benzene rings is 2. The lowest BCUT2D eigenvalue weighted by Crippen LogP contribution is -2.51. The third kappa shape index (κ3) is 4.44. The van der Waals surface area contributed by atoms with Gasteiger partial charge >= 0.3 is 5.97 Å². The average molecular weight is 536 g/mol. The highest BCUT2D eigenvalue weighted by atomic mass is 32.2. The van der Waals surface area contributed by atoms with E-state index in [-0.39, 0.29) is 17.3 Å². The normalized spacial score (nSPS) is 29.2. The molecule has 0 aromatic heterocycles. The van der Waals surface area contributed by atoms with Crippen LogP contribution in [0.5, 0.6) is 17.2 Å². The van der Waals surface area contributed by atoms with Crippen molar-refractivity contribution < 1.29 is 23.8 Å². The number of thiocarbonyl (C=S) groups is 1. The lowest BCUT2D eigenvalue weighted by atomic mass is 9.49. The van der Waals surface area contributed by atoms with Crippen molar-refractivity contribution in [3.8, 4) is 17.2 Å². The lowest BCUT2D eigenvalue weighted by molar-refractivity contribution is -0.161. The third-order valence-electron chi connectivity index (χ3n) is 8.28. The van der Waals surface area contributed by atoms with Crippen LogP contribution in [-0.4, -0.2) is 30.4 Å². The van der Waals surface area contributed by atoms with Crippen LogP contribution in [0.25, 0.3) is 6.08 Å². The number of carbonyl (C=O) groups excluding carboxylic acids is 2. The Morgan fingerprint density at radius 1 is 0.973 bits per heavy atom. The number of hydrogen-bond acceptors (Lipinski definition) is 7. The fourth-order valence-corrected chi connectivity index (χ4v) is 8.30. The Balaban J connectivity index is 1.20. The van der Waals surface area contributed by atoms with E-state index in [0.717, 1.165) is 24.8 Å². The zero-order valence-corrected chi connectivity index (χ0v) is 22.5. The maximum absolute atomic E-state index is 13.4. The Kier molecular flexibility index (Phi) is 6.27. The second-order valence-corrected chi connectivity index (χ2v) is 12.4. The number of amides is 1. The molecule has 37 heavy (non-hydrogen) atoms. The number of rotatable bonds is 6. The van der Waals surface area contributed by atoms with E-state index in [2.05, 4.69) is 0 Å². The number of anilines is 1. The summed E-state index contributed by atoms with van der Waals surface area (Å²) in [7, 11) is 3.16. The Morgan fingerprint density at radius 3 is 2.22 bits per heavy atom. The van der Waals surface area contributed by atoms with E-state index in [1.54, 1.807) is 44.6 Å². The van der Waals surface area contributed by atoms with Gasteiger partial charge in [-0.15, -0.1) is 0 Å². The lowest BCUT2D eigenvalue weighted by Gasteiger charge is -2.55. The molecule has 4 aliphatic carbocycles. The van der Waals surface area contributed by atoms with Crippen LogP contribution in [0.15, 0.2) is 47.4 Å². The third-order valence-corrected chi connectivity index (χ3v) is 9.59. The topological polar surface area (TPSA) is 65.1 Å². The summed E-state index contributed by atoms with van der Waals surface area (Å²) in [6.07, 6.45) is 8.46. The van der Waals surface area contributed by atoms with Gasteiger partial charge in [0.1, 0.15) is 5.75 Å². The minimum atomic E-state index is -0.339. The highest BCUT2D eigenvalue weighted by Crippen LogP contribution is 2.60. The van der Waals surface area contributed by atoms with Crippen molar-refractivity contribution in [1.82, 2.24) is 0 Å². The molecule has 4 bridgehead atoms. The molecule has 5 fully saturated rings. The Bertz CT molecular complexity index is 1270. The smallest absolute Gasteiger partial charge is 0.317 e. The van der Waals surface area contributed by atoms with Crippen LogP contribution in [0.2, 0.25) is 0 Å². The summed E-state index contributed by atoms with van der Waals surface area (Å²) in [4.78, 5) is 28.6. The summed E-state index contributed by atoms with van der Waals surface area (Å²) in [5.41, 5.74) is 1.12. The minimum absolute atomic E-state index is 0.113. The monoisotopic (exact) mass is 535 g/mol. The van der Waals surface area contributed by atoms with Crippen LogP contribution in [0, 0.1) is 23.2 Å². The van der Waals surface area contributed by atoms with Gasteiger partial charge in [-0.25, -0.2) is 0 Å². The molecule has 7 rings (SSSR count). The molecule has 0 spiro atoms. The first kappa shape index (κ1) is 24.5. The molecule has 1 aliphatic heterocycles. The van der Waals surface area contributed by atoms with E-state index < -0.39 is 0 Å². The summed E-state index contributed by atoms with van der Waals surface area (Å²) in [5, 5.41) is 0. The summed E-state index contributed by atoms with van der Waals surface area (Å²) in [6, 6.07) is 12.6. The Morgan fingerprint density at radius 2 is 1.62 bits per heavy atom. The molecule has 0 atom stereocenters. The van der Waals surface area contributed by atoms with Gasteiger partial charge in [-0.2, -0.15) is 0 Å². The van der Waals surface area contributed by atoms with Crippen molar-refractivity contribution >= 4 is 51.9 Å². The molecule has 5 aliphatic rings.